The average molecular weight is 382 g/mol. The number of hydrogen-bond acceptors (Lipinski definition) is 8. The quantitative estimate of drug-likeness (QED) is 0.400. The molecule has 11 heteroatoms. The largest absolute Gasteiger partial charge is 0.397 e. The number of nitrogens with zero attached hydrogens (tertiary/aromatic N) is 3. The van der Waals surface area contributed by atoms with Gasteiger partial charge in [0.15, 0.2) is 11.9 Å². The highest BCUT2D eigenvalue weighted by Crippen LogP contribution is 2.32. The second-order valence-electron chi connectivity index (χ2n) is 6.43. The second-order valence-corrected chi connectivity index (χ2v) is 6.43. The third kappa shape index (κ3) is 3.72. The van der Waals surface area contributed by atoms with Gasteiger partial charge in [0.2, 0.25) is 5.91 Å². The van der Waals surface area contributed by atoms with Crippen LogP contribution in [-0.4, -0.2) is 68.2 Å². The first-order chi connectivity index (χ1) is 13.0. The summed E-state index contributed by atoms with van der Waals surface area (Å²) in [6.45, 7) is -0.998. The smallest absolute Gasteiger partial charge is 0.237 e. The normalized spacial score (nSPS) is 26.4. The highest BCUT2D eigenvalue weighted by atomic mass is 19.1. The highest BCUT2D eigenvalue weighted by Gasteiger charge is 2.46. The number of alkyl halides is 1. The summed E-state index contributed by atoms with van der Waals surface area (Å²) < 4.78 is 19.5. The zero-order valence-electron chi connectivity index (χ0n) is 14.5. The van der Waals surface area contributed by atoms with Crippen LogP contribution in [0.1, 0.15) is 19.1 Å². The number of amides is 1. The average Bonchev–Trinajstić information content (AvgIpc) is 3.22. The van der Waals surface area contributed by atoms with Crippen molar-refractivity contribution in [2.24, 2.45) is 5.73 Å². The molecule has 0 bridgehead atoms. The zero-order valence-corrected chi connectivity index (χ0v) is 14.5. The Hall–Kier alpha value is -2.34. The molecular formula is C16H23FN6O4. The molecule has 2 unspecified atom stereocenters. The first-order valence-electron chi connectivity index (χ1n) is 8.61. The fourth-order valence-electron chi connectivity index (χ4n) is 3.15. The summed E-state index contributed by atoms with van der Waals surface area (Å²) in [7, 11) is 0. The molecule has 1 saturated heterocycles. The third-order valence-corrected chi connectivity index (χ3v) is 4.62. The first kappa shape index (κ1) is 19.4. The number of ether oxygens (including phenoxy) is 1. The number of carbonyl (C=O) groups is 1. The molecule has 10 nitrogen and oxygen atoms in total. The van der Waals surface area contributed by atoms with Crippen LogP contribution in [0.15, 0.2) is 18.6 Å². The van der Waals surface area contributed by atoms with Gasteiger partial charge in [0.05, 0.1) is 37.4 Å². The Kier molecular flexibility index (Phi) is 5.85. The minimum absolute atomic E-state index is 0.165. The van der Waals surface area contributed by atoms with Crippen LogP contribution in [0.4, 0.5) is 10.1 Å². The van der Waals surface area contributed by atoms with E-state index in [9.17, 15) is 19.4 Å². The maximum absolute atomic E-state index is 12.3. The van der Waals surface area contributed by atoms with Crippen molar-refractivity contribution in [3.8, 4) is 0 Å². The van der Waals surface area contributed by atoms with Crippen molar-refractivity contribution in [2.45, 2.75) is 43.4 Å². The Bertz CT molecular complexity index is 802. The number of hydrogen-bond donors (Lipinski definition) is 5. The standard InChI is InChI=1S/C16H23FN6O4/c17-4-1-2-9(19)15(26)22-12-10(6-24)27-16(13(12)25)23-7-21-11-8(18)3-5-20-14(11)23/h3,5,7,9-10,12-13,16,24-25H,1-2,4,6,19H2,(H2,18,20)(H,22,26)/t9?,10-,12?,13+,16-/m1/s1. The molecular weight excluding hydrogens is 359 g/mol. The number of aliphatic hydroxyl groups is 2. The summed E-state index contributed by atoms with van der Waals surface area (Å²) in [6, 6.07) is -0.214. The fraction of sp³-hybridized carbons (Fsp3) is 0.562. The summed E-state index contributed by atoms with van der Waals surface area (Å²) in [4.78, 5) is 20.6. The van der Waals surface area contributed by atoms with Crippen LogP contribution in [0.5, 0.6) is 0 Å². The van der Waals surface area contributed by atoms with E-state index in [4.69, 9.17) is 16.2 Å². The monoisotopic (exact) mass is 382 g/mol. The van der Waals surface area contributed by atoms with E-state index in [0.29, 0.717) is 16.9 Å². The number of halogens is 1. The van der Waals surface area contributed by atoms with Crippen molar-refractivity contribution >= 4 is 22.8 Å². The van der Waals surface area contributed by atoms with Crippen molar-refractivity contribution in [1.82, 2.24) is 19.9 Å². The van der Waals surface area contributed by atoms with Crippen LogP contribution in [0, 0.1) is 0 Å². The van der Waals surface area contributed by atoms with Gasteiger partial charge >= 0.3 is 0 Å². The summed E-state index contributed by atoms with van der Waals surface area (Å²) >= 11 is 0. The number of carbonyl (C=O) groups excluding carboxylic acids is 1. The number of anilines is 1. The molecule has 1 aliphatic heterocycles. The molecule has 1 aliphatic rings. The van der Waals surface area contributed by atoms with Gasteiger partial charge in [0.25, 0.3) is 0 Å². The molecule has 3 rings (SSSR count). The van der Waals surface area contributed by atoms with E-state index in [2.05, 4.69) is 15.3 Å². The molecule has 1 amide bonds. The van der Waals surface area contributed by atoms with Gasteiger partial charge in [0, 0.05) is 6.20 Å². The van der Waals surface area contributed by atoms with Crippen molar-refractivity contribution in [3.05, 3.63) is 18.6 Å². The lowest BCUT2D eigenvalue weighted by Crippen LogP contribution is -2.53. The van der Waals surface area contributed by atoms with Crippen LogP contribution in [-0.2, 0) is 9.53 Å². The van der Waals surface area contributed by atoms with Crippen LogP contribution in [0.25, 0.3) is 11.2 Å². The van der Waals surface area contributed by atoms with Crippen LogP contribution < -0.4 is 16.8 Å². The van der Waals surface area contributed by atoms with E-state index < -0.39 is 49.7 Å². The molecule has 0 aliphatic carbocycles. The Morgan fingerprint density at radius 1 is 1.48 bits per heavy atom. The molecule has 2 aromatic heterocycles. The van der Waals surface area contributed by atoms with Gasteiger partial charge in [-0.3, -0.25) is 13.8 Å². The van der Waals surface area contributed by atoms with Gasteiger partial charge in [-0.2, -0.15) is 0 Å². The van der Waals surface area contributed by atoms with Crippen LogP contribution >= 0.6 is 0 Å². The lowest BCUT2D eigenvalue weighted by atomic mass is 10.1. The Morgan fingerprint density at radius 3 is 2.96 bits per heavy atom. The SMILES string of the molecule is Nc1ccnc2c1ncn2[C@@H]1O[C@H](CO)C(NC(=O)C(N)CCCF)[C@@H]1O. The van der Waals surface area contributed by atoms with E-state index in [1.54, 1.807) is 6.07 Å². The summed E-state index contributed by atoms with van der Waals surface area (Å²) in [5.41, 5.74) is 12.9. The predicted octanol–water partition coefficient (Wildman–Crippen LogP) is -1.17. The second kappa shape index (κ2) is 8.13. The van der Waals surface area contributed by atoms with Crippen LogP contribution in [0.3, 0.4) is 0 Å². The minimum atomic E-state index is -1.19. The third-order valence-electron chi connectivity index (χ3n) is 4.62. The summed E-state index contributed by atoms with van der Waals surface area (Å²) in [6.07, 6.45) is 0.277. The van der Waals surface area contributed by atoms with E-state index in [-0.39, 0.29) is 12.8 Å². The Morgan fingerprint density at radius 2 is 2.26 bits per heavy atom. The van der Waals surface area contributed by atoms with E-state index >= 15 is 0 Å². The number of nitrogens with two attached hydrogens (primary N) is 2. The molecule has 0 aromatic carbocycles. The maximum Gasteiger partial charge on any atom is 0.237 e. The number of nitrogen functional groups attached to an aromatic ring is 1. The summed E-state index contributed by atoms with van der Waals surface area (Å²) in [5, 5.41) is 22.9. The van der Waals surface area contributed by atoms with Gasteiger partial charge in [-0.25, -0.2) is 9.97 Å². The fourth-order valence-corrected chi connectivity index (χ4v) is 3.15. The number of imidazole rings is 1. The Labute approximate surface area is 154 Å². The van der Waals surface area contributed by atoms with E-state index in [1.165, 1.54) is 17.1 Å². The van der Waals surface area contributed by atoms with E-state index in [0.717, 1.165) is 0 Å². The number of nitrogens with one attached hydrogen (secondary N) is 1. The van der Waals surface area contributed by atoms with Crippen LogP contribution in [0.2, 0.25) is 0 Å². The number of aliphatic hydroxyl groups excluding tert-OH is 2. The number of pyridine rings is 1. The molecule has 0 radical (unpaired) electrons. The molecule has 3 heterocycles. The van der Waals surface area contributed by atoms with Crippen molar-refractivity contribution in [3.63, 3.8) is 0 Å². The lowest BCUT2D eigenvalue weighted by Gasteiger charge is -2.22. The topological polar surface area (TPSA) is 162 Å². The van der Waals surface area contributed by atoms with Gasteiger partial charge in [-0.05, 0) is 18.9 Å². The van der Waals surface area contributed by atoms with E-state index in [1.807, 2.05) is 0 Å². The molecule has 148 valence electrons. The van der Waals surface area contributed by atoms with Gasteiger partial charge < -0.3 is 31.7 Å². The molecule has 2 aromatic rings. The minimum Gasteiger partial charge on any atom is -0.397 e. The maximum atomic E-state index is 12.3. The zero-order chi connectivity index (χ0) is 19.6. The Balaban J connectivity index is 1.79. The van der Waals surface area contributed by atoms with Crippen molar-refractivity contribution in [2.75, 3.05) is 19.0 Å². The predicted molar refractivity (Wildman–Crippen MR) is 94.1 cm³/mol. The van der Waals surface area contributed by atoms with Crippen molar-refractivity contribution in [1.29, 1.82) is 0 Å². The van der Waals surface area contributed by atoms with Crippen molar-refractivity contribution < 1.29 is 24.1 Å². The first-order valence-corrected chi connectivity index (χ1v) is 8.61. The molecule has 7 N–H and O–H groups in total. The van der Waals surface area contributed by atoms with Gasteiger partial charge in [-0.15, -0.1) is 0 Å². The molecule has 1 fully saturated rings. The molecule has 0 saturated carbocycles. The number of aromatic nitrogens is 3. The van der Waals surface area contributed by atoms with Gasteiger partial charge in [-0.1, -0.05) is 0 Å². The molecule has 27 heavy (non-hydrogen) atoms. The summed E-state index contributed by atoms with van der Waals surface area (Å²) in [5.74, 6) is -0.548. The number of fused-ring (bicyclic) bond motifs is 1. The molecule has 5 atom stereocenters. The lowest BCUT2D eigenvalue weighted by molar-refractivity contribution is -0.124. The number of rotatable bonds is 7. The van der Waals surface area contributed by atoms with Gasteiger partial charge in [0.1, 0.15) is 17.7 Å². The highest BCUT2D eigenvalue weighted by molar-refractivity contribution is 5.84. The molecule has 0 spiro atoms.